The van der Waals surface area contributed by atoms with E-state index in [1.165, 1.54) is 148 Å². The maximum absolute atomic E-state index is 13.0. The number of esters is 3. The number of ether oxygens (including phenoxy) is 3. The number of phosphoric ester groups is 2. The quantitative estimate of drug-likeness (QED) is 0.0146. The highest BCUT2D eigenvalue weighted by Gasteiger charge is 2.29. The number of aliphatic hydroxyl groups is 2. The van der Waals surface area contributed by atoms with Crippen molar-refractivity contribution in [2.75, 3.05) is 39.6 Å². The van der Waals surface area contributed by atoms with E-state index in [9.17, 15) is 43.5 Å². The number of unbranched alkanes of at least 4 members (excludes halogenated alkanes) is 36. The molecule has 0 saturated heterocycles. The normalized spacial score (nSPS) is 14.5. The minimum Gasteiger partial charge on any atom is -0.463 e. The minimum absolute atomic E-state index is 0.0852. The first-order chi connectivity index (χ1) is 54.2. The summed E-state index contributed by atoms with van der Waals surface area (Å²) in [6.07, 6.45) is 106. The summed E-state index contributed by atoms with van der Waals surface area (Å²) in [7, 11) is -9.80. The average Bonchev–Trinajstić information content (AvgIpc) is 0.901. The van der Waals surface area contributed by atoms with Crippen molar-refractivity contribution in [3.05, 3.63) is 146 Å². The van der Waals surface area contributed by atoms with Gasteiger partial charge in [0, 0.05) is 19.3 Å². The lowest BCUT2D eigenvalue weighted by molar-refractivity contribution is -0.161. The topological polar surface area (TPSA) is 231 Å². The Morgan fingerprint density at radius 2 is 0.477 bits per heavy atom. The molecule has 0 spiro atoms. The molecule has 0 heterocycles. The molecule has 0 fully saturated rings. The van der Waals surface area contributed by atoms with Crippen molar-refractivity contribution < 1.29 is 75.8 Å². The van der Waals surface area contributed by atoms with Crippen molar-refractivity contribution in [2.24, 2.45) is 0 Å². The third kappa shape index (κ3) is 86.1. The standard InChI is InChI=1S/C93H160O16P2/c1-4-7-10-13-16-19-22-25-28-30-32-34-36-38-39-40-41-42-43-44-45-46-47-49-51-52-54-56-59-61-64-67-70-73-76-79-91(96)103-82-88(94)83-105-110(99,100)106-84-89(95)85-107-111(101,102)108-87-90(109-93(98)81-78-75-72-69-66-63-58-27-24-21-18-15-12-9-6-3)86-104-92(97)80-77-74-71-68-65-62-60-57-55-53-50-48-37-35-33-31-29-26-23-20-17-14-11-8-5-2/h7-8,10-11,16-21,25-29,32-35,38-39,48,50,58,88-90,94-95H,4-6,9,12-15,22-24,30-31,36-37,40-47,49,51-57,59-87H2,1-3H3,(H,99,100)(H,101,102)/b10-7-,11-8-,19-16-,20-17-,21-18-,28-25-,29-26-,34-32-,35-33-,39-38-,50-48-,58-27-. The number of rotatable bonds is 83. The first-order valence-corrected chi connectivity index (χ1v) is 47.1. The lowest BCUT2D eigenvalue weighted by Gasteiger charge is -2.21. The molecule has 0 saturated carbocycles. The third-order valence-corrected chi connectivity index (χ3v) is 20.4. The average molecular weight is 1600 g/mol. The predicted molar refractivity (Wildman–Crippen MR) is 463 cm³/mol. The summed E-state index contributed by atoms with van der Waals surface area (Å²) < 4.78 is 61.3. The number of carbonyl (C=O) groups excluding carboxylic acids is 3. The van der Waals surface area contributed by atoms with Gasteiger partial charge in [-0.05, 0) is 141 Å². The summed E-state index contributed by atoms with van der Waals surface area (Å²) >= 11 is 0. The van der Waals surface area contributed by atoms with E-state index in [1.807, 2.05) is 0 Å². The van der Waals surface area contributed by atoms with Crippen LogP contribution in [-0.2, 0) is 55.8 Å². The second-order valence-electron chi connectivity index (χ2n) is 29.3. The number of hydrogen-bond acceptors (Lipinski definition) is 14. The van der Waals surface area contributed by atoms with Crippen LogP contribution in [0.1, 0.15) is 367 Å². The second-order valence-corrected chi connectivity index (χ2v) is 32.2. The van der Waals surface area contributed by atoms with E-state index >= 15 is 0 Å². The molecule has 4 N–H and O–H groups in total. The largest absolute Gasteiger partial charge is 0.472 e. The van der Waals surface area contributed by atoms with Gasteiger partial charge in [-0.1, -0.05) is 353 Å². The summed E-state index contributed by atoms with van der Waals surface area (Å²) in [6, 6.07) is 0. The highest BCUT2D eigenvalue weighted by molar-refractivity contribution is 7.47. The first kappa shape index (κ1) is 106. The van der Waals surface area contributed by atoms with Gasteiger partial charge < -0.3 is 34.2 Å². The Morgan fingerprint density at radius 1 is 0.261 bits per heavy atom. The first-order valence-electron chi connectivity index (χ1n) is 44.1. The van der Waals surface area contributed by atoms with Crippen LogP contribution in [0.25, 0.3) is 0 Å². The van der Waals surface area contributed by atoms with Gasteiger partial charge in [-0.3, -0.25) is 32.5 Å². The highest BCUT2D eigenvalue weighted by Crippen LogP contribution is 2.45. The van der Waals surface area contributed by atoms with E-state index in [1.54, 1.807) is 0 Å². The van der Waals surface area contributed by atoms with Gasteiger partial charge in [0.25, 0.3) is 0 Å². The van der Waals surface area contributed by atoms with Gasteiger partial charge in [0.2, 0.25) is 0 Å². The minimum atomic E-state index is -4.94. The van der Waals surface area contributed by atoms with Crippen LogP contribution in [0.3, 0.4) is 0 Å². The molecule has 0 aliphatic heterocycles. The molecule has 0 aromatic heterocycles. The van der Waals surface area contributed by atoms with E-state index in [0.29, 0.717) is 19.3 Å². The molecule has 0 radical (unpaired) electrons. The van der Waals surface area contributed by atoms with Gasteiger partial charge in [0.15, 0.2) is 6.10 Å². The maximum atomic E-state index is 13.0. The third-order valence-electron chi connectivity index (χ3n) is 18.5. The summed E-state index contributed by atoms with van der Waals surface area (Å²) in [5.41, 5.74) is 0. The van der Waals surface area contributed by atoms with Crippen LogP contribution < -0.4 is 0 Å². The van der Waals surface area contributed by atoms with Gasteiger partial charge in [-0.25, -0.2) is 9.13 Å². The molecule has 5 atom stereocenters. The molecule has 0 rings (SSSR count). The number of hydrogen-bond donors (Lipinski definition) is 4. The van der Waals surface area contributed by atoms with Crippen molar-refractivity contribution >= 4 is 33.6 Å². The Balaban J connectivity index is 4.43. The Labute approximate surface area is 677 Å². The lowest BCUT2D eigenvalue weighted by atomic mass is 10.0. The fraction of sp³-hybridized carbons (Fsp3) is 0.710. The Hall–Kier alpha value is -4.57. The molecular weight excluding hydrogens is 1430 g/mol. The molecule has 0 amide bonds. The van der Waals surface area contributed by atoms with Crippen molar-refractivity contribution in [1.82, 2.24) is 0 Å². The van der Waals surface area contributed by atoms with E-state index in [4.69, 9.17) is 32.3 Å². The molecule has 0 bridgehead atoms. The van der Waals surface area contributed by atoms with E-state index in [0.717, 1.165) is 161 Å². The molecule has 0 aromatic carbocycles. The molecule has 18 heteroatoms. The highest BCUT2D eigenvalue weighted by atomic mass is 31.2. The van der Waals surface area contributed by atoms with Crippen molar-refractivity contribution in [2.45, 2.75) is 386 Å². The molecule has 0 aliphatic rings. The fourth-order valence-corrected chi connectivity index (χ4v) is 13.5. The van der Waals surface area contributed by atoms with Gasteiger partial charge in [0.05, 0.1) is 26.4 Å². The van der Waals surface area contributed by atoms with Crippen LogP contribution in [0.4, 0.5) is 0 Å². The molecule has 16 nitrogen and oxygen atoms in total. The van der Waals surface area contributed by atoms with Crippen LogP contribution in [0.15, 0.2) is 146 Å². The fourth-order valence-electron chi connectivity index (χ4n) is 11.9. The van der Waals surface area contributed by atoms with Crippen LogP contribution in [0.2, 0.25) is 0 Å². The SMILES string of the molecule is CC/C=C\C/C=C\C/C=C\C/C=C\C/C=C\CCCCCCCCCCCCCCCCCCCCCC(=O)OCC(O)COP(=O)(O)OCC(O)COP(=O)(O)OCC(COC(=O)CCCCCCCCCCC/C=C\C/C=C\C/C=C\C/C=C\C/C=C\CC)OC(=O)CCCCCCC/C=C\C/C=C\CCCCC. The van der Waals surface area contributed by atoms with E-state index in [2.05, 4.69) is 167 Å². The van der Waals surface area contributed by atoms with Gasteiger partial charge in [-0.2, -0.15) is 0 Å². The van der Waals surface area contributed by atoms with Crippen LogP contribution in [0, 0.1) is 0 Å². The van der Waals surface area contributed by atoms with Gasteiger partial charge in [0.1, 0.15) is 25.4 Å². The number of phosphoric acid groups is 2. The lowest BCUT2D eigenvalue weighted by Crippen LogP contribution is -2.30. The zero-order valence-corrected chi connectivity index (χ0v) is 71.9. The van der Waals surface area contributed by atoms with Crippen LogP contribution in [0.5, 0.6) is 0 Å². The van der Waals surface area contributed by atoms with Gasteiger partial charge >= 0.3 is 33.6 Å². The Kier molecular flexibility index (Phi) is 81.3. The molecule has 5 unspecified atom stereocenters. The zero-order valence-electron chi connectivity index (χ0n) is 70.1. The van der Waals surface area contributed by atoms with Crippen molar-refractivity contribution in [3.8, 4) is 0 Å². The number of carbonyl (C=O) groups is 3. The molecule has 638 valence electrons. The molecular formula is C93H160O16P2. The van der Waals surface area contributed by atoms with Crippen LogP contribution in [-0.4, -0.2) is 95.9 Å². The van der Waals surface area contributed by atoms with Gasteiger partial charge in [-0.15, -0.1) is 0 Å². The van der Waals surface area contributed by atoms with E-state index < -0.39 is 91.5 Å². The summed E-state index contributed by atoms with van der Waals surface area (Å²) in [4.78, 5) is 58.8. The van der Waals surface area contributed by atoms with Crippen molar-refractivity contribution in [3.63, 3.8) is 0 Å². The Bertz CT molecular complexity index is 2600. The van der Waals surface area contributed by atoms with E-state index in [-0.39, 0.29) is 19.3 Å². The monoisotopic (exact) mass is 1600 g/mol. The smallest absolute Gasteiger partial charge is 0.463 e. The predicted octanol–water partition coefficient (Wildman–Crippen LogP) is 26.8. The summed E-state index contributed by atoms with van der Waals surface area (Å²) in [6.45, 7) is 2.44. The number of aliphatic hydroxyl groups excluding tert-OH is 2. The maximum Gasteiger partial charge on any atom is 0.472 e. The second kappa shape index (κ2) is 84.8. The number of allylic oxidation sites excluding steroid dienone is 24. The zero-order chi connectivity index (χ0) is 80.8. The molecule has 0 aromatic rings. The summed E-state index contributed by atoms with van der Waals surface area (Å²) in [5, 5.41) is 20.7. The molecule has 111 heavy (non-hydrogen) atoms. The summed E-state index contributed by atoms with van der Waals surface area (Å²) in [5.74, 6) is -1.59. The molecule has 0 aliphatic carbocycles. The van der Waals surface area contributed by atoms with Crippen LogP contribution >= 0.6 is 15.6 Å². The van der Waals surface area contributed by atoms with Crippen molar-refractivity contribution in [1.29, 1.82) is 0 Å². The Morgan fingerprint density at radius 3 is 0.757 bits per heavy atom.